The van der Waals surface area contributed by atoms with Gasteiger partial charge < -0.3 is 14.2 Å². The number of methoxy groups -OCH3 is 1. The van der Waals surface area contributed by atoms with Crippen molar-refractivity contribution in [1.82, 2.24) is 0 Å². The number of carbonyl (C=O) groups is 2. The van der Waals surface area contributed by atoms with E-state index in [0.29, 0.717) is 11.3 Å². The molecule has 5 atom stereocenters. The average Bonchev–Trinajstić information content (AvgIpc) is 3.14. The molecule has 4 aliphatic rings. The first-order chi connectivity index (χ1) is 13.2. The molecule has 0 N–H and O–H groups in total. The van der Waals surface area contributed by atoms with Gasteiger partial charge in [0.15, 0.2) is 5.79 Å². The Morgan fingerprint density at radius 1 is 1.11 bits per heavy atom. The molecule has 0 aromatic heterocycles. The van der Waals surface area contributed by atoms with Crippen molar-refractivity contribution in [3.63, 3.8) is 0 Å². The molecular weight excluding hydrogens is 356 g/mol. The number of hydrogen-bond donors (Lipinski definition) is 0. The molecule has 2 saturated heterocycles. The first kappa shape index (κ1) is 18.3. The zero-order valence-electron chi connectivity index (χ0n) is 17.3. The highest BCUT2D eigenvalue weighted by atomic mass is 16.7. The summed E-state index contributed by atoms with van der Waals surface area (Å²) in [5, 5.41) is 0. The minimum atomic E-state index is -0.769. The lowest BCUT2D eigenvalue weighted by atomic mass is 9.63. The Labute approximate surface area is 165 Å². The summed E-state index contributed by atoms with van der Waals surface area (Å²) in [5.41, 5.74) is 1.03. The van der Waals surface area contributed by atoms with E-state index in [4.69, 9.17) is 14.2 Å². The van der Waals surface area contributed by atoms with Crippen molar-refractivity contribution in [2.75, 3.05) is 7.11 Å². The summed E-state index contributed by atoms with van der Waals surface area (Å²) >= 11 is 0. The Morgan fingerprint density at radius 3 is 2.50 bits per heavy atom. The van der Waals surface area contributed by atoms with E-state index in [9.17, 15) is 9.59 Å². The number of carbonyl (C=O) groups excluding carboxylic acids is 2. The lowest BCUT2D eigenvalue weighted by Crippen LogP contribution is -2.61. The van der Waals surface area contributed by atoms with Crippen molar-refractivity contribution in [1.29, 1.82) is 0 Å². The fourth-order valence-electron chi connectivity index (χ4n) is 6.45. The quantitative estimate of drug-likeness (QED) is 0.686. The van der Waals surface area contributed by atoms with E-state index in [-0.39, 0.29) is 23.2 Å². The smallest absolute Gasteiger partial charge is 0.229 e. The van der Waals surface area contributed by atoms with Gasteiger partial charge in [0.1, 0.15) is 11.4 Å². The fourth-order valence-corrected chi connectivity index (χ4v) is 6.45. The Bertz CT molecular complexity index is 902. The molecule has 1 spiro atoms. The van der Waals surface area contributed by atoms with Crippen LogP contribution in [-0.4, -0.2) is 30.1 Å². The van der Waals surface area contributed by atoms with Crippen molar-refractivity contribution in [3.8, 4) is 5.75 Å². The number of ether oxygens (including phenoxy) is 3. The van der Waals surface area contributed by atoms with Crippen LogP contribution < -0.4 is 4.74 Å². The Hall–Kier alpha value is -1.72. The summed E-state index contributed by atoms with van der Waals surface area (Å²) < 4.78 is 18.8. The number of hydrogen-bond acceptors (Lipinski definition) is 5. The molecule has 1 aromatic carbocycles. The predicted molar refractivity (Wildman–Crippen MR) is 102 cm³/mol. The molecule has 0 amide bonds. The molecule has 0 radical (unpaired) electrons. The molecule has 5 unspecified atom stereocenters. The van der Waals surface area contributed by atoms with Crippen LogP contribution >= 0.6 is 0 Å². The lowest BCUT2D eigenvalue weighted by Gasteiger charge is -2.54. The highest BCUT2D eigenvalue weighted by Gasteiger charge is 2.70. The van der Waals surface area contributed by atoms with Crippen LogP contribution in [0.5, 0.6) is 5.75 Å². The van der Waals surface area contributed by atoms with Gasteiger partial charge in [0.05, 0.1) is 18.6 Å². The van der Waals surface area contributed by atoms with Gasteiger partial charge in [-0.25, -0.2) is 0 Å². The molecule has 2 aliphatic heterocycles. The van der Waals surface area contributed by atoms with Crippen LogP contribution in [0.2, 0.25) is 0 Å². The van der Waals surface area contributed by atoms with Crippen LogP contribution in [0.25, 0.3) is 0 Å². The van der Waals surface area contributed by atoms with Gasteiger partial charge in [-0.1, -0.05) is 13.0 Å². The first-order valence-corrected chi connectivity index (χ1v) is 10.3. The molecule has 5 nitrogen and oxygen atoms in total. The second-order valence-electron chi connectivity index (χ2n) is 9.64. The van der Waals surface area contributed by atoms with E-state index >= 15 is 0 Å². The summed E-state index contributed by atoms with van der Waals surface area (Å²) in [6.07, 6.45) is 3.36. The van der Waals surface area contributed by atoms with Crippen LogP contribution in [0, 0.1) is 24.7 Å². The standard InChI is InChI=1S/C23H28O5/c1-12-16(26-5)7-6-15-17(12)19(24)20(25)18-14-8-9-22(15,18)28-23(13(14)2)11-10-21(3,4)27-23/h6-7,13-14,18H,8-11H2,1-5H3. The Kier molecular flexibility index (Phi) is 3.57. The van der Waals surface area contributed by atoms with Crippen LogP contribution in [0.15, 0.2) is 12.1 Å². The van der Waals surface area contributed by atoms with Gasteiger partial charge in [-0.3, -0.25) is 9.59 Å². The maximum Gasteiger partial charge on any atom is 0.229 e. The summed E-state index contributed by atoms with van der Waals surface area (Å²) in [5.74, 6) is -0.979. The van der Waals surface area contributed by atoms with E-state index in [1.807, 2.05) is 19.1 Å². The van der Waals surface area contributed by atoms with Crippen LogP contribution in [0.1, 0.15) is 67.9 Å². The van der Waals surface area contributed by atoms with Gasteiger partial charge in [-0.2, -0.15) is 0 Å². The Balaban J connectivity index is 1.72. The third-order valence-corrected chi connectivity index (χ3v) is 7.82. The minimum Gasteiger partial charge on any atom is -0.496 e. The summed E-state index contributed by atoms with van der Waals surface area (Å²) in [7, 11) is 1.58. The van der Waals surface area contributed by atoms with Crippen molar-refractivity contribution in [2.45, 2.75) is 70.4 Å². The molecule has 2 bridgehead atoms. The third-order valence-electron chi connectivity index (χ3n) is 7.82. The number of rotatable bonds is 1. The van der Waals surface area contributed by atoms with Crippen molar-refractivity contribution in [2.24, 2.45) is 17.8 Å². The molecule has 150 valence electrons. The third kappa shape index (κ3) is 2.04. The van der Waals surface area contributed by atoms with Gasteiger partial charge in [-0.05, 0) is 57.6 Å². The molecule has 2 heterocycles. The molecular formula is C23H28O5. The number of benzene rings is 1. The largest absolute Gasteiger partial charge is 0.496 e. The lowest BCUT2D eigenvalue weighted by molar-refractivity contribution is -0.349. The van der Waals surface area contributed by atoms with Gasteiger partial charge in [0, 0.05) is 23.5 Å². The zero-order chi connectivity index (χ0) is 20.1. The van der Waals surface area contributed by atoms with Gasteiger partial charge in [0.25, 0.3) is 0 Å². The molecule has 28 heavy (non-hydrogen) atoms. The molecule has 5 heteroatoms. The normalized spacial score (nSPS) is 40.5. The molecule has 1 saturated carbocycles. The number of fused-ring (bicyclic) bond motifs is 1. The summed E-state index contributed by atoms with van der Waals surface area (Å²) in [6.45, 7) is 8.18. The fraction of sp³-hybridized carbons (Fsp3) is 0.652. The minimum absolute atomic E-state index is 0.0764. The van der Waals surface area contributed by atoms with E-state index < -0.39 is 23.1 Å². The Morgan fingerprint density at radius 2 is 1.86 bits per heavy atom. The van der Waals surface area contributed by atoms with Gasteiger partial charge in [-0.15, -0.1) is 0 Å². The average molecular weight is 384 g/mol. The van der Waals surface area contributed by atoms with Crippen molar-refractivity contribution >= 4 is 11.6 Å². The van der Waals surface area contributed by atoms with Crippen LogP contribution in [0.4, 0.5) is 0 Å². The van der Waals surface area contributed by atoms with E-state index in [1.54, 1.807) is 7.11 Å². The molecule has 1 aromatic rings. The topological polar surface area (TPSA) is 61.8 Å². The number of Topliss-reactive ketones (excluding diaryl/α,β-unsaturated/α-hetero) is 2. The predicted octanol–water partition coefficient (Wildman–Crippen LogP) is 3.94. The van der Waals surface area contributed by atoms with E-state index in [1.165, 1.54) is 0 Å². The van der Waals surface area contributed by atoms with E-state index in [0.717, 1.165) is 36.8 Å². The maximum absolute atomic E-state index is 13.3. The van der Waals surface area contributed by atoms with Gasteiger partial charge in [0.2, 0.25) is 11.6 Å². The summed E-state index contributed by atoms with van der Waals surface area (Å²) in [6, 6.07) is 3.83. The number of ketones is 2. The highest BCUT2D eigenvalue weighted by Crippen LogP contribution is 2.66. The molecule has 3 fully saturated rings. The molecule has 2 aliphatic carbocycles. The van der Waals surface area contributed by atoms with Crippen LogP contribution in [0.3, 0.4) is 0 Å². The highest BCUT2D eigenvalue weighted by molar-refractivity contribution is 6.46. The maximum atomic E-state index is 13.3. The van der Waals surface area contributed by atoms with E-state index in [2.05, 4.69) is 20.8 Å². The first-order valence-electron chi connectivity index (χ1n) is 10.3. The van der Waals surface area contributed by atoms with Crippen molar-refractivity contribution in [3.05, 3.63) is 28.8 Å². The molecule has 5 rings (SSSR count). The van der Waals surface area contributed by atoms with Crippen molar-refractivity contribution < 1.29 is 23.8 Å². The summed E-state index contributed by atoms with van der Waals surface area (Å²) in [4.78, 5) is 26.4. The zero-order valence-corrected chi connectivity index (χ0v) is 17.3. The SMILES string of the molecule is COc1ccc2c(c1C)C(=O)C(=O)C1C3CCC21OC1(CCC(C)(C)O1)C3C. The van der Waals surface area contributed by atoms with Crippen LogP contribution in [-0.2, 0) is 19.9 Å². The second-order valence-corrected chi connectivity index (χ2v) is 9.64. The monoisotopic (exact) mass is 384 g/mol. The second kappa shape index (κ2) is 5.45. The van der Waals surface area contributed by atoms with Gasteiger partial charge >= 0.3 is 0 Å².